The topological polar surface area (TPSA) is 60.0 Å². The van der Waals surface area contributed by atoms with Gasteiger partial charge in [-0.1, -0.05) is 0 Å². The first kappa shape index (κ1) is 12.4. The van der Waals surface area contributed by atoms with Gasteiger partial charge in [0.2, 0.25) is 0 Å². The van der Waals surface area contributed by atoms with Crippen LogP contribution in [0.15, 0.2) is 12.3 Å². The van der Waals surface area contributed by atoms with E-state index in [2.05, 4.69) is 0 Å². The molecule has 0 aliphatic heterocycles. The maximum Gasteiger partial charge on any atom is 0.405 e. The first-order valence-electron chi connectivity index (χ1n) is 4.64. The number of amides is 1. The number of rotatable bonds is 3. The van der Waals surface area contributed by atoms with Crippen LogP contribution in [0.5, 0.6) is 0 Å². The first-order chi connectivity index (χ1) is 7.33. The van der Waals surface area contributed by atoms with Crippen molar-refractivity contribution in [1.82, 2.24) is 9.88 Å². The number of nitrogens with two attached hydrogens (primary N) is 1. The number of aryl methyl sites for hydroxylation is 1. The Labute approximate surface area is 90.2 Å². The molecule has 1 amide bonds. The van der Waals surface area contributed by atoms with E-state index in [1.165, 1.54) is 16.8 Å². The molecular weight excluding hydrogens is 223 g/mol. The Kier molecular flexibility index (Phi) is 3.46. The molecule has 16 heavy (non-hydrogen) atoms. The average Bonchev–Trinajstić information content (AvgIpc) is 2.55. The van der Waals surface area contributed by atoms with Gasteiger partial charge in [0.05, 0.1) is 5.69 Å². The number of nitrogens with one attached hydrogen (secondary N) is 1. The lowest BCUT2D eigenvalue weighted by Crippen LogP contribution is -2.34. The molecule has 1 aromatic heterocycles. The van der Waals surface area contributed by atoms with Crippen LogP contribution in [0.3, 0.4) is 0 Å². The molecule has 0 saturated heterocycles. The maximum atomic E-state index is 11.9. The fraction of sp³-hybridized carbons (Fsp3) is 0.444. The van der Waals surface area contributed by atoms with Crippen molar-refractivity contribution in [2.75, 3.05) is 12.3 Å². The third-order valence-corrected chi connectivity index (χ3v) is 1.94. The third kappa shape index (κ3) is 3.18. The molecule has 4 nitrogen and oxygen atoms in total. The van der Waals surface area contributed by atoms with Gasteiger partial charge >= 0.3 is 6.18 Å². The van der Waals surface area contributed by atoms with E-state index < -0.39 is 18.6 Å². The predicted molar refractivity (Wildman–Crippen MR) is 52.9 cm³/mol. The lowest BCUT2D eigenvalue weighted by atomic mass is 10.3. The number of aromatic nitrogens is 1. The van der Waals surface area contributed by atoms with Crippen LogP contribution in [0.2, 0.25) is 0 Å². The molecule has 0 spiro atoms. The zero-order valence-electron chi connectivity index (χ0n) is 8.64. The number of nitrogens with zero attached hydrogens (tertiary/aromatic N) is 1. The second-order valence-corrected chi connectivity index (χ2v) is 3.24. The van der Waals surface area contributed by atoms with Crippen LogP contribution in [-0.2, 0) is 6.54 Å². The molecule has 1 heterocycles. The van der Waals surface area contributed by atoms with Gasteiger partial charge in [-0.3, -0.25) is 4.79 Å². The van der Waals surface area contributed by atoms with E-state index in [1.807, 2.05) is 0 Å². The van der Waals surface area contributed by atoms with E-state index >= 15 is 0 Å². The van der Waals surface area contributed by atoms with Crippen molar-refractivity contribution >= 4 is 11.6 Å². The van der Waals surface area contributed by atoms with Gasteiger partial charge in [0.25, 0.3) is 5.91 Å². The molecule has 0 aliphatic carbocycles. The highest BCUT2D eigenvalue weighted by Gasteiger charge is 2.28. The highest BCUT2D eigenvalue weighted by atomic mass is 19.4. The van der Waals surface area contributed by atoms with Crippen LogP contribution in [-0.4, -0.2) is 23.2 Å². The predicted octanol–water partition coefficient (Wildman–Crippen LogP) is 1.38. The molecule has 3 N–H and O–H groups in total. The van der Waals surface area contributed by atoms with Crippen molar-refractivity contribution in [2.24, 2.45) is 0 Å². The molecular formula is C9H12F3N3O. The molecule has 0 radical (unpaired) electrons. The zero-order valence-corrected chi connectivity index (χ0v) is 8.64. The molecule has 0 atom stereocenters. The van der Waals surface area contributed by atoms with Crippen molar-refractivity contribution in [3.63, 3.8) is 0 Å². The Morgan fingerprint density at radius 1 is 1.56 bits per heavy atom. The Balaban J connectivity index is 2.73. The minimum Gasteiger partial charge on any atom is -0.397 e. The molecule has 7 heteroatoms. The highest BCUT2D eigenvalue weighted by Crippen LogP contribution is 2.14. The summed E-state index contributed by atoms with van der Waals surface area (Å²) in [5.41, 5.74) is 5.93. The summed E-state index contributed by atoms with van der Waals surface area (Å²) < 4.78 is 37.1. The van der Waals surface area contributed by atoms with Crippen molar-refractivity contribution in [3.05, 3.63) is 18.0 Å². The Morgan fingerprint density at radius 2 is 2.19 bits per heavy atom. The van der Waals surface area contributed by atoms with Crippen molar-refractivity contribution in [2.45, 2.75) is 19.6 Å². The van der Waals surface area contributed by atoms with Gasteiger partial charge in [-0.25, -0.2) is 0 Å². The van der Waals surface area contributed by atoms with Crippen LogP contribution in [0.25, 0.3) is 0 Å². The smallest absolute Gasteiger partial charge is 0.397 e. The Hall–Kier alpha value is -1.66. The van der Waals surface area contributed by atoms with Gasteiger partial charge < -0.3 is 15.6 Å². The summed E-state index contributed by atoms with van der Waals surface area (Å²) >= 11 is 0. The summed E-state index contributed by atoms with van der Waals surface area (Å²) in [6, 6.07) is 1.34. The number of hydrogen-bond donors (Lipinski definition) is 2. The van der Waals surface area contributed by atoms with E-state index in [1.54, 1.807) is 12.2 Å². The molecule has 0 aromatic carbocycles. The maximum absolute atomic E-state index is 11.9. The minimum atomic E-state index is -4.41. The molecule has 0 bridgehead atoms. The monoisotopic (exact) mass is 235 g/mol. The van der Waals surface area contributed by atoms with Gasteiger partial charge in [-0.2, -0.15) is 13.2 Å². The third-order valence-electron chi connectivity index (χ3n) is 1.94. The number of anilines is 1. The molecule has 0 aliphatic rings. The van der Waals surface area contributed by atoms with Gasteiger partial charge in [-0.05, 0) is 13.0 Å². The van der Waals surface area contributed by atoms with Crippen LogP contribution in [0, 0.1) is 0 Å². The molecule has 1 rings (SSSR count). The quantitative estimate of drug-likeness (QED) is 0.831. The minimum absolute atomic E-state index is 0.129. The molecule has 1 aromatic rings. The number of halogens is 3. The molecule has 0 saturated carbocycles. The van der Waals surface area contributed by atoms with Crippen molar-refractivity contribution < 1.29 is 18.0 Å². The van der Waals surface area contributed by atoms with Gasteiger partial charge in [0.15, 0.2) is 0 Å². The van der Waals surface area contributed by atoms with E-state index in [0.29, 0.717) is 12.2 Å². The summed E-state index contributed by atoms with van der Waals surface area (Å²) in [6.45, 7) is 0.882. The summed E-state index contributed by atoms with van der Waals surface area (Å²) in [7, 11) is 0. The van der Waals surface area contributed by atoms with Gasteiger partial charge in [0, 0.05) is 12.7 Å². The van der Waals surface area contributed by atoms with Crippen LogP contribution in [0.4, 0.5) is 18.9 Å². The normalized spacial score (nSPS) is 11.5. The van der Waals surface area contributed by atoms with Crippen LogP contribution < -0.4 is 11.1 Å². The van der Waals surface area contributed by atoms with Crippen LogP contribution >= 0.6 is 0 Å². The number of carbonyl (C=O) groups is 1. The highest BCUT2D eigenvalue weighted by molar-refractivity contribution is 5.93. The Morgan fingerprint density at radius 3 is 2.69 bits per heavy atom. The lowest BCUT2D eigenvalue weighted by molar-refractivity contribution is -0.123. The van der Waals surface area contributed by atoms with Crippen molar-refractivity contribution in [1.29, 1.82) is 0 Å². The number of nitrogen functional groups attached to an aromatic ring is 1. The Bertz CT molecular complexity index is 384. The van der Waals surface area contributed by atoms with Crippen molar-refractivity contribution in [3.8, 4) is 0 Å². The first-order valence-corrected chi connectivity index (χ1v) is 4.64. The van der Waals surface area contributed by atoms with E-state index in [-0.39, 0.29) is 5.69 Å². The number of carbonyl (C=O) groups excluding carboxylic acids is 1. The zero-order chi connectivity index (χ0) is 12.3. The molecule has 90 valence electrons. The second kappa shape index (κ2) is 4.46. The van der Waals surface area contributed by atoms with E-state index in [0.717, 1.165) is 0 Å². The lowest BCUT2D eigenvalue weighted by Gasteiger charge is -2.09. The summed E-state index contributed by atoms with van der Waals surface area (Å²) in [4.78, 5) is 11.4. The molecule has 0 unspecified atom stereocenters. The van der Waals surface area contributed by atoms with Gasteiger partial charge in [0.1, 0.15) is 12.2 Å². The standard InChI is InChI=1S/C9H12F3N3O/c1-2-15-4-6(13)3-7(15)8(16)14-5-9(10,11)12/h3-4H,2,5,13H2,1H3,(H,14,16). The summed E-state index contributed by atoms with van der Waals surface area (Å²) in [5.74, 6) is -0.782. The molecule has 0 fully saturated rings. The van der Waals surface area contributed by atoms with Gasteiger partial charge in [-0.15, -0.1) is 0 Å². The summed E-state index contributed by atoms with van der Waals surface area (Å²) in [6.07, 6.45) is -2.91. The number of hydrogen-bond acceptors (Lipinski definition) is 2. The summed E-state index contributed by atoms with van der Waals surface area (Å²) in [5, 5.41) is 1.79. The van der Waals surface area contributed by atoms with E-state index in [9.17, 15) is 18.0 Å². The van der Waals surface area contributed by atoms with E-state index in [4.69, 9.17) is 5.73 Å². The largest absolute Gasteiger partial charge is 0.405 e. The fourth-order valence-electron chi connectivity index (χ4n) is 1.26. The average molecular weight is 235 g/mol. The fourth-order valence-corrected chi connectivity index (χ4v) is 1.26. The number of alkyl halides is 3. The van der Waals surface area contributed by atoms with Crippen LogP contribution in [0.1, 0.15) is 17.4 Å². The second-order valence-electron chi connectivity index (χ2n) is 3.24. The SMILES string of the molecule is CCn1cc(N)cc1C(=O)NCC(F)(F)F.